The van der Waals surface area contributed by atoms with Crippen molar-refractivity contribution >= 4 is 62.9 Å². The topological polar surface area (TPSA) is 74.6 Å². The Morgan fingerprint density at radius 2 is 1.71 bits per heavy atom. The minimum atomic E-state index is -4.50. The van der Waals surface area contributed by atoms with Gasteiger partial charge in [-0.15, -0.1) is 0 Å². The minimum absolute atomic E-state index is 0. The van der Waals surface area contributed by atoms with Gasteiger partial charge in [-0.25, -0.2) is 0 Å². The van der Waals surface area contributed by atoms with E-state index in [0.29, 0.717) is 0 Å². The molecule has 0 fully saturated rings. The van der Waals surface area contributed by atoms with E-state index >= 15 is 0 Å². The molecule has 2 N–H and O–H groups in total. The summed E-state index contributed by atoms with van der Waals surface area (Å²) in [5.41, 5.74) is 0. The first-order valence-electron chi connectivity index (χ1n) is 2.98. The summed E-state index contributed by atoms with van der Waals surface area (Å²) in [6.07, 6.45) is 0. The van der Waals surface area contributed by atoms with Gasteiger partial charge in [0.05, 0.1) is 5.02 Å². The standard InChI is InChI=1S/C6H4Cl2O4S.Na.H/c7-3-1-4(8)6(9)5(2-3)13(10,11)12;;/h1-2,9H,(H,10,11,12);;. The third-order valence-corrected chi connectivity index (χ3v) is 2.64. The molecule has 0 amide bonds. The molecule has 1 aromatic rings. The number of hydrogen-bond donors (Lipinski definition) is 2. The quantitative estimate of drug-likeness (QED) is 0.594. The van der Waals surface area contributed by atoms with Crippen molar-refractivity contribution in [3.05, 3.63) is 22.2 Å². The van der Waals surface area contributed by atoms with Gasteiger partial charge in [-0.1, -0.05) is 23.2 Å². The normalized spacial score (nSPS) is 10.8. The molecule has 0 aliphatic rings. The summed E-state index contributed by atoms with van der Waals surface area (Å²) in [5.74, 6) is -0.714. The molecule has 0 unspecified atom stereocenters. The van der Waals surface area contributed by atoms with Crippen molar-refractivity contribution in [3.63, 3.8) is 0 Å². The van der Waals surface area contributed by atoms with E-state index in [1.807, 2.05) is 0 Å². The summed E-state index contributed by atoms with van der Waals surface area (Å²) < 4.78 is 29.9. The number of phenolic OH excluding ortho intramolecular Hbond substituents is 1. The molecule has 4 nitrogen and oxygen atoms in total. The zero-order valence-electron chi connectivity index (χ0n) is 6.03. The average molecular weight is 267 g/mol. The first-order valence-corrected chi connectivity index (χ1v) is 5.17. The Bertz CT molecular complexity index is 445. The summed E-state index contributed by atoms with van der Waals surface area (Å²) in [5, 5.41) is 8.90. The van der Waals surface area contributed by atoms with Crippen molar-refractivity contribution in [2.24, 2.45) is 0 Å². The zero-order chi connectivity index (χ0) is 10.2. The van der Waals surface area contributed by atoms with Crippen LogP contribution in [0.4, 0.5) is 0 Å². The fraction of sp³-hybridized carbons (Fsp3) is 0. The number of phenols is 1. The van der Waals surface area contributed by atoms with Gasteiger partial charge in [0.2, 0.25) is 0 Å². The van der Waals surface area contributed by atoms with Crippen molar-refractivity contribution in [1.29, 1.82) is 0 Å². The molecular formula is C6H5Cl2NaO4S. The second kappa shape index (κ2) is 5.03. The second-order valence-corrected chi connectivity index (χ2v) is 4.44. The van der Waals surface area contributed by atoms with Crippen molar-refractivity contribution < 1.29 is 18.1 Å². The van der Waals surface area contributed by atoms with Gasteiger partial charge in [-0.3, -0.25) is 4.55 Å². The summed E-state index contributed by atoms with van der Waals surface area (Å²) >= 11 is 10.9. The average Bonchev–Trinajstić information content (AvgIpc) is 1.94. The Kier molecular flexibility index (Phi) is 5.21. The Morgan fingerprint density at radius 3 is 2.14 bits per heavy atom. The van der Waals surface area contributed by atoms with Crippen LogP contribution in [0.15, 0.2) is 17.0 Å². The zero-order valence-corrected chi connectivity index (χ0v) is 8.36. The van der Waals surface area contributed by atoms with Crippen LogP contribution < -0.4 is 0 Å². The summed E-state index contributed by atoms with van der Waals surface area (Å²) in [6, 6.07) is 2.06. The second-order valence-electron chi connectivity index (χ2n) is 2.21. The van der Waals surface area contributed by atoms with E-state index in [2.05, 4.69) is 0 Å². The summed E-state index contributed by atoms with van der Waals surface area (Å²) in [6.45, 7) is 0. The molecule has 0 aliphatic carbocycles. The number of halogens is 2. The van der Waals surface area contributed by atoms with Crippen LogP contribution in [0.2, 0.25) is 10.0 Å². The molecular weight excluding hydrogens is 262 g/mol. The van der Waals surface area contributed by atoms with Gasteiger partial charge in [0.25, 0.3) is 10.1 Å². The van der Waals surface area contributed by atoms with Crippen LogP contribution in [0.3, 0.4) is 0 Å². The Balaban J connectivity index is 0.00000169. The van der Waals surface area contributed by atoms with Gasteiger partial charge in [0, 0.05) is 5.02 Å². The number of aromatic hydroxyl groups is 1. The van der Waals surface area contributed by atoms with E-state index in [4.69, 9.17) is 32.9 Å². The van der Waals surface area contributed by atoms with E-state index in [0.717, 1.165) is 12.1 Å². The summed E-state index contributed by atoms with van der Waals surface area (Å²) in [7, 11) is -4.50. The summed E-state index contributed by atoms with van der Waals surface area (Å²) in [4.78, 5) is -0.704. The van der Waals surface area contributed by atoms with E-state index in [-0.39, 0.29) is 39.6 Å². The van der Waals surface area contributed by atoms with Gasteiger partial charge >= 0.3 is 29.6 Å². The van der Waals surface area contributed by atoms with Crippen LogP contribution in [0.25, 0.3) is 0 Å². The molecule has 0 spiro atoms. The van der Waals surface area contributed by atoms with E-state index in [1.165, 1.54) is 0 Å². The molecule has 0 aromatic heterocycles. The fourth-order valence-corrected chi connectivity index (χ4v) is 1.98. The van der Waals surface area contributed by atoms with Crippen LogP contribution in [0.1, 0.15) is 0 Å². The number of rotatable bonds is 1. The Labute approximate surface area is 113 Å². The Hall–Kier alpha value is 0.510. The van der Waals surface area contributed by atoms with Gasteiger partial charge in [0.15, 0.2) is 5.75 Å². The van der Waals surface area contributed by atoms with Gasteiger partial charge < -0.3 is 5.11 Å². The third-order valence-electron chi connectivity index (χ3n) is 1.27. The number of benzene rings is 1. The molecule has 14 heavy (non-hydrogen) atoms. The molecule has 0 atom stereocenters. The first-order chi connectivity index (χ1) is 5.82. The number of hydrogen-bond acceptors (Lipinski definition) is 3. The van der Waals surface area contributed by atoms with Crippen LogP contribution in [0, 0.1) is 0 Å². The molecule has 0 bridgehead atoms. The first kappa shape index (κ1) is 14.5. The molecule has 1 rings (SSSR count). The molecule has 0 aliphatic heterocycles. The van der Waals surface area contributed by atoms with Gasteiger partial charge in [-0.05, 0) is 12.1 Å². The third kappa shape index (κ3) is 3.27. The maximum absolute atomic E-state index is 10.6. The molecule has 0 heterocycles. The van der Waals surface area contributed by atoms with Gasteiger partial charge in [-0.2, -0.15) is 8.42 Å². The van der Waals surface area contributed by atoms with E-state index in [9.17, 15) is 8.42 Å². The van der Waals surface area contributed by atoms with Crippen molar-refractivity contribution in [2.45, 2.75) is 4.90 Å². The van der Waals surface area contributed by atoms with Gasteiger partial charge in [0.1, 0.15) is 4.90 Å². The molecule has 0 radical (unpaired) electrons. The van der Waals surface area contributed by atoms with Crippen LogP contribution in [-0.2, 0) is 10.1 Å². The monoisotopic (exact) mass is 266 g/mol. The molecule has 0 saturated carbocycles. The fourth-order valence-electron chi connectivity index (χ4n) is 0.739. The Morgan fingerprint density at radius 1 is 1.21 bits per heavy atom. The van der Waals surface area contributed by atoms with Crippen molar-refractivity contribution in [1.82, 2.24) is 0 Å². The van der Waals surface area contributed by atoms with E-state index in [1.54, 1.807) is 0 Å². The predicted octanol–water partition coefficient (Wildman–Crippen LogP) is 1.30. The van der Waals surface area contributed by atoms with Crippen LogP contribution in [-0.4, -0.2) is 47.6 Å². The predicted molar refractivity (Wildman–Crippen MR) is 55.1 cm³/mol. The van der Waals surface area contributed by atoms with Crippen molar-refractivity contribution in [3.8, 4) is 5.75 Å². The SMILES string of the molecule is O=S(=O)(O)c1cc(Cl)cc(Cl)c1O.[NaH]. The maximum atomic E-state index is 10.6. The van der Waals surface area contributed by atoms with E-state index < -0.39 is 20.8 Å². The van der Waals surface area contributed by atoms with Crippen LogP contribution in [0.5, 0.6) is 5.75 Å². The molecule has 8 heteroatoms. The molecule has 0 saturated heterocycles. The van der Waals surface area contributed by atoms with Crippen molar-refractivity contribution in [2.75, 3.05) is 0 Å². The molecule has 1 aromatic carbocycles. The molecule has 74 valence electrons. The van der Waals surface area contributed by atoms with Crippen LogP contribution >= 0.6 is 23.2 Å².